The van der Waals surface area contributed by atoms with Crippen LogP contribution in [0, 0.1) is 0 Å². The average Bonchev–Trinajstić information content (AvgIpc) is 2.82. The molecule has 1 aliphatic carbocycles. The monoisotopic (exact) mass is 206 g/mol. The van der Waals surface area contributed by atoms with Gasteiger partial charge < -0.3 is 9.47 Å². The van der Waals surface area contributed by atoms with Gasteiger partial charge in [0, 0.05) is 6.42 Å². The molecular weight excluding hydrogens is 188 g/mol. The van der Waals surface area contributed by atoms with Gasteiger partial charge in [-0.15, -0.1) is 0 Å². The van der Waals surface area contributed by atoms with Gasteiger partial charge in [-0.3, -0.25) is 0 Å². The molecule has 0 amide bonds. The van der Waals surface area contributed by atoms with E-state index in [-0.39, 0.29) is 17.8 Å². The van der Waals surface area contributed by atoms with Crippen LogP contribution in [-0.4, -0.2) is 17.8 Å². The van der Waals surface area contributed by atoms with E-state index in [4.69, 9.17) is 9.47 Å². The van der Waals surface area contributed by atoms with Gasteiger partial charge in [-0.1, -0.05) is 18.2 Å². The van der Waals surface area contributed by atoms with Gasteiger partial charge in [-0.2, -0.15) is 0 Å². The molecule has 0 aliphatic heterocycles. The van der Waals surface area contributed by atoms with E-state index in [2.05, 4.69) is 20.8 Å². The van der Waals surface area contributed by atoms with E-state index in [1.54, 1.807) is 0 Å². The third kappa shape index (κ3) is 3.24. The van der Waals surface area contributed by atoms with Crippen LogP contribution in [0.25, 0.3) is 0 Å². The van der Waals surface area contributed by atoms with Crippen molar-refractivity contribution in [3.8, 4) is 5.75 Å². The van der Waals surface area contributed by atoms with Crippen molar-refractivity contribution in [2.75, 3.05) is 0 Å². The number of hydrogen-bond donors (Lipinski definition) is 0. The lowest BCUT2D eigenvalue weighted by Gasteiger charge is -2.19. The summed E-state index contributed by atoms with van der Waals surface area (Å²) >= 11 is 0. The summed E-state index contributed by atoms with van der Waals surface area (Å²) in [7, 11) is 0. The van der Waals surface area contributed by atoms with Gasteiger partial charge in [0.15, 0.2) is 0 Å². The van der Waals surface area contributed by atoms with Crippen molar-refractivity contribution in [3.63, 3.8) is 0 Å². The van der Waals surface area contributed by atoms with Crippen LogP contribution in [0.3, 0.4) is 0 Å². The molecule has 2 rings (SSSR count). The van der Waals surface area contributed by atoms with Gasteiger partial charge in [-0.05, 0) is 32.9 Å². The summed E-state index contributed by atoms with van der Waals surface area (Å²) in [6, 6.07) is 9.91. The predicted octanol–water partition coefficient (Wildman–Crippen LogP) is 3.02. The molecule has 15 heavy (non-hydrogen) atoms. The molecule has 0 bridgehead atoms. The molecule has 2 atom stereocenters. The van der Waals surface area contributed by atoms with E-state index in [0.29, 0.717) is 0 Å². The lowest BCUT2D eigenvalue weighted by molar-refractivity contribution is -0.0288. The van der Waals surface area contributed by atoms with Crippen molar-refractivity contribution >= 4 is 0 Å². The summed E-state index contributed by atoms with van der Waals surface area (Å²) in [5, 5.41) is 0. The molecule has 0 N–H and O–H groups in total. The quantitative estimate of drug-likeness (QED) is 0.756. The van der Waals surface area contributed by atoms with Crippen LogP contribution in [0.15, 0.2) is 30.3 Å². The van der Waals surface area contributed by atoms with Crippen LogP contribution in [0.4, 0.5) is 0 Å². The molecule has 0 unspecified atom stereocenters. The van der Waals surface area contributed by atoms with Gasteiger partial charge in [-0.25, -0.2) is 0 Å². The number of hydrogen-bond acceptors (Lipinski definition) is 2. The number of benzene rings is 1. The van der Waals surface area contributed by atoms with Crippen LogP contribution >= 0.6 is 0 Å². The molecule has 1 aromatic rings. The van der Waals surface area contributed by atoms with Crippen molar-refractivity contribution in [3.05, 3.63) is 30.3 Å². The van der Waals surface area contributed by atoms with E-state index < -0.39 is 0 Å². The lowest BCUT2D eigenvalue weighted by atomic mass is 10.2. The molecule has 2 nitrogen and oxygen atoms in total. The van der Waals surface area contributed by atoms with Crippen LogP contribution in [0.1, 0.15) is 27.2 Å². The molecule has 1 saturated carbocycles. The van der Waals surface area contributed by atoms with E-state index in [1.165, 1.54) is 0 Å². The Morgan fingerprint density at radius 3 is 2.33 bits per heavy atom. The van der Waals surface area contributed by atoms with Crippen LogP contribution in [0.2, 0.25) is 0 Å². The molecule has 0 spiro atoms. The molecule has 82 valence electrons. The van der Waals surface area contributed by atoms with Crippen LogP contribution in [0.5, 0.6) is 5.75 Å². The smallest absolute Gasteiger partial charge is 0.128 e. The first-order valence-electron chi connectivity index (χ1n) is 5.44. The maximum absolute atomic E-state index is 5.81. The van der Waals surface area contributed by atoms with E-state index >= 15 is 0 Å². The normalized spacial score (nSPS) is 25.0. The predicted molar refractivity (Wildman–Crippen MR) is 60.1 cm³/mol. The highest BCUT2D eigenvalue weighted by molar-refractivity contribution is 5.22. The van der Waals surface area contributed by atoms with Crippen LogP contribution in [-0.2, 0) is 4.74 Å². The molecule has 2 heteroatoms. The second kappa shape index (κ2) is 3.86. The Balaban J connectivity index is 1.81. The van der Waals surface area contributed by atoms with Gasteiger partial charge >= 0.3 is 0 Å². The second-order valence-electron chi connectivity index (χ2n) is 4.97. The van der Waals surface area contributed by atoms with Crippen molar-refractivity contribution in [2.45, 2.75) is 45.0 Å². The van der Waals surface area contributed by atoms with Gasteiger partial charge in [0.2, 0.25) is 0 Å². The Morgan fingerprint density at radius 1 is 1.07 bits per heavy atom. The number of ether oxygens (including phenoxy) is 2. The highest BCUT2D eigenvalue weighted by Gasteiger charge is 2.43. The highest BCUT2D eigenvalue weighted by Crippen LogP contribution is 2.33. The maximum atomic E-state index is 5.81. The fourth-order valence-corrected chi connectivity index (χ4v) is 1.53. The highest BCUT2D eigenvalue weighted by atomic mass is 16.6. The Kier molecular flexibility index (Phi) is 2.70. The third-order valence-corrected chi connectivity index (χ3v) is 2.21. The second-order valence-corrected chi connectivity index (χ2v) is 4.97. The zero-order chi connectivity index (χ0) is 10.9. The average molecular weight is 206 g/mol. The molecule has 0 heterocycles. The summed E-state index contributed by atoms with van der Waals surface area (Å²) in [6.45, 7) is 6.22. The Bertz CT molecular complexity index is 313. The minimum absolute atomic E-state index is 0.0700. The summed E-state index contributed by atoms with van der Waals surface area (Å²) < 4.78 is 11.6. The van der Waals surface area contributed by atoms with Gasteiger partial charge in [0.05, 0.1) is 11.7 Å². The van der Waals surface area contributed by atoms with Crippen molar-refractivity contribution in [1.82, 2.24) is 0 Å². The molecule has 0 aromatic heterocycles. The van der Waals surface area contributed by atoms with Gasteiger partial charge in [0.1, 0.15) is 11.9 Å². The largest absolute Gasteiger partial charge is 0.488 e. The fourth-order valence-electron chi connectivity index (χ4n) is 1.53. The molecule has 1 aromatic carbocycles. The SMILES string of the molecule is CC(C)(C)O[C@H]1C[C@H]1Oc1ccccc1. The van der Waals surface area contributed by atoms with Gasteiger partial charge in [0.25, 0.3) is 0 Å². The third-order valence-electron chi connectivity index (χ3n) is 2.21. The topological polar surface area (TPSA) is 18.5 Å². The van der Waals surface area contributed by atoms with Crippen molar-refractivity contribution < 1.29 is 9.47 Å². The zero-order valence-corrected chi connectivity index (χ0v) is 9.57. The van der Waals surface area contributed by atoms with Crippen molar-refractivity contribution in [1.29, 1.82) is 0 Å². The molecule has 1 aliphatic rings. The first-order chi connectivity index (χ1) is 7.04. The molecule has 1 fully saturated rings. The number of rotatable bonds is 3. The molecule has 0 radical (unpaired) electrons. The Hall–Kier alpha value is -1.02. The Morgan fingerprint density at radius 2 is 1.73 bits per heavy atom. The molecule has 0 saturated heterocycles. The summed E-state index contributed by atoms with van der Waals surface area (Å²) in [4.78, 5) is 0. The zero-order valence-electron chi connectivity index (χ0n) is 9.57. The fraction of sp³-hybridized carbons (Fsp3) is 0.538. The molecular formula is C13H18O2. The lowest BCUT2D eigenvalue weighted by Crippen LogP contribution is -2.22. The van der Waals surface area contributed by atoms with E-state index in [1.807, 2.05) is 30.3 Å². The first-order valence-corrected chi connectivity index (χ1v) is 5.44. The number of para-hydroxylation sites is 1. The minimum Gasteiger partial charge on any atom is -0.488 e. The summed E-state index contributed by atoms with van der Waals surface area (Å²) in [5.74, 6) is 0.933. The van der Waals surface area contributed by atoms with Crippen molar-refractivity contribution in [2.24, 2.45) is 0 Å². The van der Waals surface area contributed by atoms with E-state index in [0.717, 1.165) is 12.2 Å². The summed E-state index contributed by atoms with van der Waals surface area (Å²) in [5.41, 5.74) is -0.0700. The standard InChI is InChI=1S/C13H18O2/c1-13(2,3)15-12-9-11(12)14-10-7-5-4-6-8-10/h4-8,11-12H,9H2,1-3H3/t11-,12+/m1/s1. The maximum Gasteiger partial charge on any atom is 0.128 e. The Labute approximate surface area is 91.2 Å². The summed E-state index contributed by atoms with van der Waals surface area (Å²) in [6.07, 6.45) is 1.52. The minimum atomic E-state index is -0.0700. The van der Waals surface area contributed by atoms with Crippen LogP contribution < -0.4 is 4.74 Å². The van der Waals surface area contributed by atoms with E-state index in [9.17, 15) is 0 Å². The first kappa shape index (κ1) is 10.5.